The molecule has 1 heterocycles. The molecule has 0 aliphatic carbocycles. The minimum Gasteiger partial charge on any atom is -0.494 e. The first-order chi connectivity index (χ1) is 9.36. The molecule has 1 N–H and O–H groups in total. The summed E-state index contributed by atoms with van der Waals surface area (Å²) < 4.78 is 11.7. The van der Waals surface area contributed by atoms with Crippen LogP contribution in [0.3, 0.4) is 0 Å². The molecule has 19 heavy (non-hydrogen) atoms. The molecule has 1 aliphatic rings. The fourth-order valence-corrected chi connectivity index (χ4v) is 2.71. The Kier molecular flexibility index (Phi) is 5.67. The zero-order chi connectivity index (χ0) is 13.5. The third kappa shape index (κ3) is 3.71. The Hall–Kier alpha value is -1.06. The number of benzene rings is 1. The Morgan fingerprint density at radius 1 is 1.32 bits per heavy atom. The molecule has 0 bridgehead atoms. The maximum Gasteiger partial charge on any atom is 0.124 e. The summed E-state index contributed by atoms with van der Waals surface area (Å²) in [5, 5.41) is 3.56. The molecule has 0 spiro atoms. The molecular formula is C16H25NO2. The second-order valence-corrected chi connectivity index (χ2v) is 4.91. The van der Waals surface area contributed by atoms with Crippen LogP contribution in [0.25, 0.3) is 0 Å². The summed E-state index contributed by atoms with van der Waals surface area (Å²) in [6.07, 6.45) is 3.82. The predicted octanol–water partition coefficient (Wildman–Crippen LogP) is 3.31. The summed E-state index contributed by atoms with van der Waals surface area (Å²) in [5.74, 6) is 0.977. The van der Waals surface area contributed by atoms with Crippen molar-refractivity contribution < 1.29 is 9.47 Å². The lowest BCUT2D eigenvalue weighted by atomic mass is 9.95. The Labute approximate surface area is 116 Å². The zero-order valence-corrected chi connectivity index (χ0v) is 12.0. The van der Waals surface area contributed by atoms with E-state index in [1.54, 1.807) is 0 Å². The van der Waals surface area contributed by atoms with E-state index in [0.29, 0.717) is 6.61 Å². The molecule has 0 amide bonds. The van der Waals surface area contributed by atoms with Crippen LogP contribution in [-0.4, -0.2) is 25.9 Å². The molecule has 106 valence electrons. The van der Waals surface area contributed by atoms with Gasteiger partial charge in [0.15, 0.2) is 0 Å². The molecule has 0 saturated carbocycles. The highest BCUT2D eigenvalue weighted by Gasteiger charge is 2.27. The summed E-state index contributed by atoms with van der Waals surface area (Å²) in [4.78, 5) is 0. The van der Waals surface area contributed by atoms with Crippen LogP contribution in [0.15, 0.2) is 24.3 Å². The van der Waals surface area contributed by atoms with Gasteiger partial charge in [-0.2, -0.15) is 0 Å². The van der Waals surface area contributed by atoms with Gasteiger partial charge < -0.3 is 14.8 Å². The Balaban J connectivity index is 2.21. The fourth-order valence-electron chi connectivity index (χ4n) is 2.71. The van der Waals surface area contributed by atoms with Crippen molar-refractivity contribution in [2.45, 2.75) is 45.3 Å². The van der Waals surface area contributed by atoms with Gasteiger partial charge in [0.2, 0.25) is 0 Å². The smallest absolute Gasteiger partial charge is 0.124 e. The zero-order valence-electron chi connectivity index (χ0n) is 12.0. The first kappa shape index (κ1) is 14.4. The summed E-state index contributed by atoms with van der Waals surface area (Å²) in [6, 6.07) is 8.53. The number of ether oxygens (including phenoxy) is 2. The van der Waals surface area contributed by atoms with Crippen molar-refractivity contribution in [1.82, 2.24) is 5.32 Å². The maximum absolute atomic E-state index is 5.96. The lowest BCUT2D eigenvalue weighted by Crippen LogP contribution is -2.36. The fraction of sp³-hybridized carbons (Fsp3) is 0.625. The number of likely N-dealkylation sites (N-methyl/N-ethyl adjacent to an activating group) is 1. The first-order valence-electron chi connectivity index (χ1n) is 7.43. The van der Waals surface area contributed by atoms with Crippen LogP contribution in [0, 0.1) is 0 Å². The van der Waals surface area contributed by atoms with Crippen LogP contribution in [0.4, 0.5) is 0 Å². The molecule has 1 fully saturated rings. The molecule has 1 aliphatic heterocycles. The van der Waals surface area contributed by atoms with Crippen molar-refractivity contribution in [3.63, 3.8) is 0 Å². The monoisotopic (exact) mass is 263 g/mol. The van der Waals surface area contributed by atoms with Crippen molar-refractivity contribution in [1.29, 1.82) is 0 Å². The van der Waals surface area contributed by atoms with Crippen LogP contribution >= 0.6 is 0 Å². The normalized spacial score (nSPS) is 21.1. The second-order valence-electron chi connectivity index (χ2n) is 4.91. The van der Waals surface area contributed by atoms with Gasteiger partial charge in [0.05, 0.1) is 18.8 Å². The highest BCUT2D eigenvalue weighted by atomic mass is 16.5. The predicted molar refractivity (Wildman–Crippen MR) is 77.6 cm³/mol. The third-order valence-corrected chi connectivity index (χ3v) is 3.56. The van der Waals surface area contributed by atoms with E-state index < -0.39 is 0 Å². The Bertz CT molecular complexity index is 375. The van der Waals surface area contributed by atoms with Crippen molar-refractivity contribution in [3.05, 3.63) is 29.8 Å². The molecule has 0 radical (unpaired) electrons. The third-order valence-electron chi connectivity index (χ3n) is 3.56. The standard InChI is InChI=1S/C16H25NO2/c1-3-17-16(15-11-7-8-12-19-15)13-9-5-6-10-14(13)18-4-2/h5-6,9-10,15-17H,3-4,7-8,11-12H2,1-2H3. The van der Waals surface area contributed by atoms with Crippen LogP contribution in [-0.2, 0) is 4.74 Å². The van der Waals surface area contributed by atoms with Gasteiger partial charge in [-0.1, -0.05) is 25.1 Å². The Morgan fingerprint density at radius 2 is 2.16 bits per heavy atom. The van der Waals surface area contributed by atoms with Gasteiger partial charge in [0.25, 0.3) is 0 Å². The Morgan fingerprint density at radius 3 is 2.84 bits per heavy atom. The van der Waals surface area contributed by atoms with Crippen LogP contribution in [0.5, 0.6) is 5.75 Å². The van der Waals surface area contributed by atoms with Gasteiger partial charge in [-0.15, -0.1) is 0 Å². The van der Waals surface area contributed by atoms with Crippen molar-refractivity contribution >= 4 is 0 Å². The van der Waals surface area contributed by atoms with Gasteiger partial charge in [0.1, 0.15) is 5.75 Å². The van der Waals surface area contributed by atoms with E-state index in [1.807, 2.05) is 19.1 Å². The summed E-state index contributed by atoms with van der Waals surface area (Å²) in [6.45, 7) is 6.67. The average Bonchev–Trinajstić information content (AvgIpc) is 2.47. The van der Waals surface area contributed by atoms with Crippen LogP contribution in [0.2, 0.25) is 0 Å². The molecule has 2 atom stereocenters. The van der Waals surface area contributed by atoms with Gasteiger partial charge in [0, 0.05) is 12.2 Å². The van der Waals surface area contributed by atoms with Crippen LogP contribution in [0.1, 0.15) is 44.7 Å². The summed E-state index contributed by atoms with van der Waals surface area (Å²) in [5.41, 5.74) is 1.22. The van der Waals surface area contributed by atoms with E-state index in [9.17, 15) is 0 Å². The molecule has 2 unspecified atom stereocenters. The summed E-state index contributed by atoms with van der Waals surface area (Å²) >= 11 is 0. The molecular weight excluding hydrogens is 238 g/mol. The van der Waals surface area contributed by atoms with Gasteiger partial charge >= 0.3 is 0 Å². The number of nitrogens with one attached hydrogen (secondary N) is 1. The number of hydrogen-bond donors (Lipinski definition) is 1. The van der Waals surface area contributed by atoms with Gasteiger partial charge in [-0.05, 0) is 38.8 Å². The molecule has 0 aromatic heterocycles. The highest BCUT2D eigenvalue weighted by Crippen LogP contribution is 2.32. The molecule has 2 rings (SSSR count). The minimum absolute atomic E-state index is 0.230. The second kappa shape index (κ2) is 7.51. The van der Waals surface area contributed by atoms with E-state index in [0.717, 1.165) is 25.3 Å². The number of hydrogen-bond acceptors (Lipinski definition) is 3. The maximum atomic E-state index is 5.96. The molecule has 1 aromatic rings. The van der Waals surface area contributed by atoms with E-state index in [2.05, 4.69) is 24.4 Å². The van der Waals surface area contributed by atoms with Gasteiger partial charge in [-0.25, -0.2) is 0 Å². The first-order valence-corrected chi connectivity index (χ1v) is 7.43. The summed E-state index contributed by atoms with van der Waals surface area (Å²) in [7, 11) is 0. The van der Waals surface area contributed by atoms with E-state index >= 15 is 0 Å². The lowest BCUT2D eigenvalue weighted by molar-refractivity contribution is -0.00838. The average molecular weight is 263 g/mol. The minimum atomic E-state index is 0.230. The largest absolute Gasteiger partial charge is 0.494 e. The van der Waals surface area contributed by atoms with E-state index in [4.69, 9.17) is 9.47 Å². The highest BCUT2D eigenvalue weighted by molar-refractivity contribution is 5.36. The topological polar surface area (TPSA) is 30.5 Å². The van der Waals surface area contributed by atoms with E-state index in [1.165, 1.54) is 18.4 Å². The van der Waals surface area contributed by atoms with Crippen molar-refractivity contribution in [2.75, 3.05) is 19.8 Å². The lowest BCUT2D eigenvalue weighted by Gasteiger charge is -2.32. The van der Waals surface area contributed by atoms with Crippen molar-refractivity contribution in [2.24, 2.45) is 0 Å². The number of rotatable bonds is 6. The van der Waals surface area contributed by atoms with Gasteiger partial charge in [-0.3, -0.25) is 0 Å². The molecule has 1 aromatic carbocycles. The van der Waals surface area contributed by atoms with E-state index in [-0.39, 0.29) is 12.1 Å². The SMILES string of the molecule is CCNC(c1ccccc1OCC)C1CCCCO1. The number of para-hydroxylation sites is 1. The quantitative estimate of drug-likeness (QED) is 0.854. The molecule has 1 saturated heterocycles. The molecule has 3 nitrogen and oxygen atoms in total. The van der Waals surface area contributed by atoms with Crippen LogP contribution < -0.4 is 10.1 Å². The van der Waals surface area contributed by atoms with Crippen molar-refractivity contribution in [3.8, 4) is 5.75 Å². The molecule has 3 heteroatoms.